The number of unbranched alkanes of at least 4 members (excludes halogenated alkanes) is 3. The molecule has 1 fully saturated rings. The maximum atomic E-state index is 12.7. The summed E-state index contributed by atoms with van der Waals surface area (Å²) in [5, 5.41) is 5.45. The second-order valence-electron chi connectivity index (χ2n) is 6.94. The minimum absolute atomic E-state index is 0.324. The Hall–Kier alpha value is -2.57. The van der Waals surface area contributed by atoms with E-state index in [0.717, 1.165) is 30.6 Å². The van der Waals surface area contributed by atoms with E-state index in [-0.39, 0.29) is 12.5 Å². The summed E-state index contributed by atoms with van der Waals surface area (Å²) >= 11 is 0. The molecule has 0 radical (unpaired) electrons. The molecule has 4 amide bonds. The molecule has 0 unspecified atom stereocenters. The Morgan fingerprint density at radius 1 is 1.19 bits per heavy atom. The number of nitrogens with zero attached hydrogens (tertiary/aromatic N) is 1. The maximum Gasteiger partial charge on any atom is 0.325 e. The Bertz CT molecular complexity index is 692. The summed E-state index contributed by atoms with van der Waals surface area (Å²) in [5.41, 5.74) is -0.423. The summed E-state index contributed by atoms with van der Waals surface area (Å²) in [6.45, 7) is 5.84. The van der Waals surface area contributed by atoms with E-state index in [1.165, 1.54) is 0 Å². The van der Waals surface area contributed by atoms with Gasteiger partial charge in [0.25, 0.3) is 5.91 Å². The van der Waals surface area contributed by atoms with Gasteiger partial charge in [0, 0.05) is 0 Å². The number of urea groups is 1. The molecule has 1 aromatic carbocycles. The highest BCUT2D eigenvalue weighted by atomic mass is 16.5. The monoisotopic (exact) mass is 375 g/mol. The van der Waals surface area contributed by atoms with Crippen LogP contribution in [0.1, 0.15) is 52.9 Å². The maximum absolute atomic E-state index is 12.7. The van der Waals surface area contributed by atoms with Gasteiger partial charge in [0.1, 0.15) is 17.8 Å². The van der Waals surface area contributed by atoms with Gasteiger partial charge >= 0.3 is 6.03 Å². The molecule has 7 nitrogen and oxygen atoms in total. The summed E-state index contributed by atoms with van der Waals surface area (Å²) in [5.74, 6) is -0.246. The number of carbonyl (C=O) groups is 3. The number of nitrogens with one attached hydrogen (secondary N) is 2. The number of imide groups is 1. The quantitative estimate of drug-likeness (QED) is 0.485. The van der Waals surface area contributed by atoms with E-state index in [1.807, 2.05) is 13.0 Å². The van der Waals surface area contributed by atoms with E-state index in [4.69, 9.17) is 4.74 Å². The molecular weight excluding hydrogens is 346 g/mol. The van der Waals surface area contributed by atoms with Crippen molar-refractivity contribution in [2.75, 3.05) is 18.5 Å². The van der Waals surface area contributed by atoms with Gasteiger partial charge in [-0.25, -0.2) is 4.79 Å². The molecule has 2 N–H and O–H groups in total. The number of para-hydroxylation sites is 2. The predicted molar refractivity (Wildman–Crippen MR) is 104 cm³/mol. The van der Waals surface area contributed by atoms with Crippen LogP contribution in [0.5, 0.6) is 5.75 Å². The zero-order chi connectivity index (χ0) is 19.9. The van der Waals surface area contributed by atoms with Crippen molar-refractivity contribution in [3.8, 4) is 5.75 Å². The molecule has 1 heterocycles. The smallest absolute Gasteiger partial charge is 0.325 e. The van der Waals surface area contributed by atoms with Crippen molar-refractivity contribution in [1.82, 2.24) is 10.2 Å². The van der Waals surface area contributed by atoms with Gasteiger partial charge in [-0.05, 0) is 32.4 Å². The lowest BCUT2D eigenvalue weighted by atomic mass is 9.94. The molecule has 1 atom stereocenters. The molecule has 0 bridgehead atoms. The normalized spacial score (nSPS) is 19.1. The van der Waals surface area contributed by atoms with Crippen LogP contribution in [0.15, 0.2) is 24.3 Å². The zero-order valence-electron chi connectivity index (χ0n) is 16.3. The average molecular weight is 375 g/mol. The molecule has 0 aliphatic carbocycles. The van der Waals surface area contributed by atoms with Crippen molar-refractivity contribution >= 4 is 23.5 Å². The molecule has 7 heteroatoms. The Morgan fingerprint density at radius 2 is 1.93 bits per heavy atom. The number of benzene rings is 1. The SMILES string of the molecule is CCCCCC[C@]1(C)NC(=O)N(CC(=O)Nc2ccccc2OCC)C1=O. The van der Waals surface area contributed by atoms with Crippen molar-refractivity contribution in [2.24, 2.45) is 0 Å². The second-order valence-corrected chi connectivity index (χ2v) is 6.94. The van der Waals surface area contributed by atoms with Gasteiger partial charge < -0.3 is 15.4 Å². The molecule has 0 aromatic heterocycles. The van der Waals surface area contributed by atoms with Crippen LogP contribution in [0.2, 0.25) is 0 Å². The van der Waals surface area contributed by atoms with E-state index in [9.17, 15) is 14.4 Å². The van der Waals surface area contributed by atoms with Gasteiger partial charge in [-0.2, -0.15) is 0 Å². The van der Waals surface area contributed by atoms with Crippen molar-refractivity contribution < 1.29 is 19.1 Å². The predicted octanol–water partition coefficient (Wildman–Crippen LogP) is 3.30. The third-order valence-corrected chi connectivity index (χ3v) is 4.64. The molecule has 27 heavy (non-hydrogen) atoms. The third-order valence-electron chi connectivity index (χ3n) is 4.64. The fraction of sp³-hybridized carbons (Fsp3) is 0.550. The molecular formula is C20H29N3O4. The van der Waals surface area contributed by atoms with Crippen LogP contribution < -0.4 is 15.4 Å². The first-order valence-corrected chi connectivity index (χ1v) is 9.57. The van der Waals surface area contributed by atoms with Crippen molar-refractivity contribution in [3.05, 3.63) is 24.3 Å². The number of hydrogen-bond acceptors (Lipinski definition) is 4. The summed E-state index contributed by atoms with van der Waals surface area (Å²) < 4.78 is 5.47. The Kier molecular flexibility index (Phi) is 7.21. The van der Waals surface area contributed by atoms with E-state index in [2.05, 4.69) is 17.6 Å². The van der Waals surface area contributed by atoms with Crippen LogP contribution in [0, 0.1) is 0 Å². The lowest BCUT2D eigenvalue weighted by Gasteiger charge is -2.21. The van der Waals surface area contributed by atoms with Crippen LogP contribution >= 0.6 is 0 Å². The Labute approximate surface area is 160 Å². The number of ether oxygens (including phenoxy) is 1. The fourth-order valence-corrected chi connectivity index (χ4v) is 3.15. The van der Waals surface area contributed by atoms with Gasteiger partial charge in [0.15, 0.2) is 0 Å². The second kappa shape index (κ2) is 9.39. The van der Waals surface area contributed by atoms with Crippen LogP contribution in [0.3, 0.4) is 0 Å². The number of rotatable bonds is 10. The molecule has 1 saturated heterocycles. The largest absolute Gasteiger partial charge is 0.492 e. The number of carbonyl (C=O) groups excluding carboxylic acids is 3. The highest BCUT2D eigenvalue weighted by Gasteiger charge is 2.47. The van der Waals surface area contributed by atoms with Gasteiger partial charge in [0.05, 0.1) is 12.3 Å². The van der Waals surface area contributed by atoms with E-state index in [1.54, 1.807) is 25.1 Å². The highest BCUT2D eigenvalue weighted by Crippen LogP contribution is 2.26. The average Bonchev–Trinajstić information content (AvgIpc) is 2.84. The fourth-order valence-electron chi connectivity index (χ4n) is 3.15. The first kappa shape index (κ1) is 20.7. The first-order chi connectivity index (χ1) is 12.9. The van der Waals surface area contributed by atoms with Crippen LogP contribution in [-0.2, 0) is 9.59 Å². The Balaban J connectivity index is 1.97. The standard InChI is InChI=1S/C20H29N3O4/c1-4-6-7-10-13-20(3)18(25)23(19(26)22-20)14-17(24)21-15-11-8-9-12-16(15)27-5-2/h8-9,11-12H,4-7,10,13-14H2,1-3H3,(H,21,24)(H,22,26)/t20-/m0/s1. The minimum Gasteiger partial charge on any atom is -0.492 e. The van der Waals surface area contributed by atoms with Crippen molar-refractivity contribution in [1.29, 1.82) is 0 Å². The van der Waals surface area contributed by atoms with Crippen molar-refractivity contribution in [3.63, 3.8) is 0 Å². The highest BCUT2D eigenvalue weighted by molar-refractivity contribution is 6.10. The Morgan fingerprint density at radius 3 is 2.63 bits per heavy atom. The molecule has 2 rings (SSSR count). The van der Waals surface area contributed by atoms with Crippen molar-refractivity contribution in [2.45, 2.75) is 58.4 Å². The molecule has 1 aliphatic heterocycles. The van der Waals surface area contributed by atoms with Gasteiger partial charge in [-0.15, -0.1) is 0 Å². The first-order valence-electron chi connectivity index (χ1n) is 9.57. The van der Waals surface area contributed by atoms with Crippen LogP contribution in [0.4, 0.5) is 10.5 Å². The summed E-state index contributed by atoms with van der Waals surface area (Å²) in [6, 6.07) is 6.53. The van der Waals surface area contributed by atoms with E-state index < -0.39 is 17.5 Å². The van der Waals surface area contributed by atoms with Gasteiger partial charge in [-0.3, -0.25) is 14.5 Å². The number of anilines is 1. The summed E-state index contributed by atoms with van der Waals surface area (Å²) in [4.78, 5) is 38.3. The molecule has 1 aliphatic rings. The zero-order valence-corrected chi connectivity index (χ0v) is 16.3. The topological polar surface area (TPSA) is 87.7 Å². The molecule has 1 aromatic rings. The molecule has 148 valence electrons. The van der Waals surface area contributed by atoms with Gasteiger partial charge in [-0.1, -0.05) is 44.7 Å². The number of hydrogen-bond donors (Lipinski definition) is 2. The lowest BCUT2D eigenvalue weighted by Crippen LogP contribution is -2.44. The summed E-state index contributed by atoms with van der Waals surface area (Å²) in [7, 11) is 0. The lowest BCUT2D eigenvalue weighted by molar-refractivity contribution is -0.133. The molecule has 0 spiro atoms. The van der Waals surface area contributed by atoms with E-state index >= 15 is 0 Å². The van der Waals surface area contributed by atoms with Gasteiger partial charge in [0.2, 0.25) is 5.91 Å². The third kappa shape index (κ3) is 5.21. The summed E-state index contributed by atoms with van der Waals surface area (Å²) in [6.07, 6.45) is 4.65. The number of amides is 4. The van der Waals surface area contributed by atoms with E-state index in [0.29, 0.717) is 24.5 Å². The minimum atomic E-state index is -0.936. The van der Waals surface area contributed by atoms with Crippen LogP contribution in [0.25, 0.3) is 0 Å². The van der Waals surface area contributed by atoms with Crippen LogP contribution in [-0.4, -0.2) is 41.4 Å². The molecule has 0 saturated carbocycles.